The molecule has 0 saturated heterocycles. The Balaban J connectivity index is 2.01. The number of carbonyl (C=O) groups is 1. The van der Waals surface area contributed by atoms with Gasteiger partial charge < -0.3 is 5.73 Å². The molecule has 0 aliphatic carbocycles. The van der Waals surface area contributed by atoms with Crippen LogP contribution in [0.25, 0.3) is 5.69 Å². The molecule has 35 heavy (non-hydrogen) atoms. The number of rotatable bonds is 8. The maximum Gasteiger partial charge on any atom is 0.431 e. The van der Waals surface area contributed by atoms with Gasteiger partial charge in [-0.2, -0.15) is 13.2 Å². The molecule has 186 valence electrons. The molecule has 0 spiro atoms. The minimum absolute atomic E-state index is 0.0402. The lowest BCUT2D eigenvalue weighted by Gasteiger charge is -2.15. The molecule has 2 heterocycles. The van der Waals surface area contributed by atoms with Crippen LogP contribution in [0.1, 0.15) is 18.5 Å². The molecule has 1 aromatic carbocycles. The smallest absolute Gasteiger partial charge is 0.370 e. The lowest BCUT2D eigenvalue weighted by molar-refractivity contribution is -0.144. The number of hydrogen-bond donors (Lipinski definition) is 1. The van der Waals surface area contributed by atoms with Gasteiger partial charge in [-0.25, -0.2) is 18.7 Å². The van der Waals surface area contributed by atoms with Crippen LogP contribution >= 0.6 is 35.1 Å². The Morgan fingerprint density at radius 3 is 2.57 bits per heavy atom. The van der Waals surface area contributed by atoms with Crippen molar-refractivity contribution in [2.45, 2.75) is 33.8 Å². The van der Waals surface area contributed by atoms with Crippen LogP contribution in [-0.2, 0) is 18.0 Å². The first-order valence-electron chi connectivity index (χ1n) is 9.84. The first-order valence-corrected chi connectivity index (χ1v) is 12.0. The van der Waals surface area contributed by atoms with Gasteiger partial charge >= 0.3 is 11.9 Å². The number of nitrogens with two attached hydrogens (primary N) is 1. The van der Waals surface area contributed by atoms with Crippen molar-refractivity contribution in [1.82, 2.24) is 14.1 Å². The minimum atomic E-state index is -4.95. The van der Waals surface area contributed by atoms with Gasteiger partial charge in [0.2, 0.25) is 5.91 Å². The third-order valence-corrected chi connectivity index (χ3v) is 7.37. The lowest BCUT2D eigenvalue weighted by atomic mass is 10.3. The first kappa shape index (κ1) is 26.8. The SMILES string of the molecule is Cn1c(C(F)(F)F)cc(=O)n(-c2cc(Sc3cccnc3SCCCC(N)=O)c(Cl)cc2F)c1=O. The number of primary amides is 1. The Morgan fingerprint density at radius 2 is 1.91 bits per heavy atom. The van der Waals surface area contributed by atoms with Gasteiger partial charge in [-0.05, 0) is 30.7 Å². The molecule has 0 bridgehead atoms. The Morgan fingerprint density at radius 1 is 1.20 bits per heavy atom. The van der Waals surface area contributed by atoms with E-state index < -0.39 is 40.5 Å². The highest BCUT2D eigenvalue weighted by atomic mass is 35.5. The van der Waals surface area contributed by atoms with E-state index >= 15 is 0 Å². The molecule has 2 N–H and O–H groups in total. The van der Waals surface area contributed by atoms with E-state index in [1.54, 1.807) is 18.3 Å². The van der Waals surface area contributed by atoms with Crippen molar-refractivity contribution >= 4 is 41.0 Å². The molecule has 3 aromatic rings. The van der Waals surface area contributed by atoms with Gasteiger partial charge in [-0.15, -0.1) is 11.8 Å². The van der Waals surface area contributed by atoms with Crippen molar-refractivity contribution in [3.63, 3.8) is 0 Å². The van der Waals surface area contributed by atoms with Crippen LogP contribution < -0.4 is 17.0 Å². The van der Waals surface area contributed by atoms with Crippen molar-refractivity contribution < 1.29 is 22.4 Å². The fraction of sp³-hybridized carbons (Fsp3) is 0.238. The second-order valence-corrected chi connectivity index (χ2v) is 9.68. The topological polar surface area (TPSA) is 100.0 Å². The number of halogens is 5. The van der Waals surface area contributed by atoms with E-state index in [9.17, 15) is 31.9 Å². The van der Waals surface area contributed by atoms with Gasteiger partial charge in [-0.3, -0.25) is 14.2 Å². The molecule has 0 fully saturated rings. The second-order valence-electron chi connectivity index (χ2n) is 7.10. The highest BCUT2D eigenvalue weighted by molar-refractivity contribution is 8.02. The van der Waals surface area contributed by atoms with Gasteiger partial charge in [0.05, 0.1) is 10.7 Å². The molecule has 0 aliphatic heterocycles. The van der Waals surface area contributed by atoms with Crippen molar-refractivity contribution in [2.75, 3.05) is 5.75 Å². The predicted octanol–water partition coefficient (Wildman–Crippen LogP) is 4.25. The number of thioether (sulfide) groups is 1. The van der Waals surface area contributed by atoms with Gasteiger partial charge in [0.1, 0.15) is 16.5 Å². The minimum Gasteiger partial charge on any atom is -0.370 e. The molecule has 0 atom stereocenters. The summed E-state index contributed by atoms with van der Waals surface area (Å²) >= 11 is 8.61. The summed E-state index contributed by atoms with van der Waals surface area (Å²) in [7, 11) is 0.835. The van der Waals surface area contributed by atoms with E-state index in [0.29, 0.717) is 26.7 Å². The summed E-state index contributed by atoms with van der Waals surface area (Å²) in [6.07, 6.45) is -2.64. The average Bonchev–Trinajstić information content (AvgIpc) is 2.76. The van der Waals surface area contributed by atoms with Crippen molar-refractivity contribution in [3.8, 4) is 5.69 Å². The Labute approximate surface area is 209 Å². The third-order valence-electron chi connectivity index (χ3n) is 4.62. The fourth-order valence-corrected chi connectivity index (χ4v) is 5.23. The number of benzene rings is 1. The number of amides is 1. The quantitative estimate of drug-likeness (QED) is 0.257. The van der Waals surface area contributed by atoms with Crippen molar-refractivity contribution in [2.24, 2.45) is 12.8 Å². The molecule has 0 aliphatic rings. The van der Waals surface area contributed by atoms with E-state index in [4.69, 9.17) is 17.3 Å². The number of nitrogens with zero attached hydrogens (tertiary/aromatic N) is 3. The van der Waals surface area contributed by atoms with E-state index in [-0.39, 0.29) is 27.0 Å². The van der Waals surface area contributed by atoms with Crippen LogP contribution in [0.4, 0.5) is 17.6 Å². The average molecular weight is 549 g/mol. The molecule has 0 unspecified atom stereocenters. The van der Waals surface area contributed by atoms with Gasteiger partial charge in [0.15, 0.2) is 0 Å². The highest BCUT2D eigenvalue weighted by Gasteiger charge is 2.35. The van der Waals surface area contributed by atoms with Gasteiger partial charge in [-0.1, -0.05) is 23.4 Å². The summed E-state index contributed by atoms with van der Waals surface area (Å²) in [5, 5.41) is 0.549. The molecule has 3 rings (SSSR count). The number of aromatic nitrogens is 3. The molecule has 1 amide bonds. The third kappa shape index (κ3) is 6.27. The number of pyridine rings is 1. The summed E-state index contributed by atoms with van der Waals surface area (Å²) in [6, 6.07) is 5.59. The fourth-order valence-electron chi connectivity index (χ4n) is 2.98. The Kier molecular flexibility index (Phi) is 8.34. The van der Waals surface area contributed by atoms with Crippen LogP contribution in [0.5, 0.6) is 0 Å². The van der Waals surface area contributed by atoms with E-state index in [0.717, 1.165) is 30.9 Å². The number of hydrogen-bond acceptors (Lipinski definition) is 6. The van der Waals surface area contributed by atoms with E-state index in [1.165, 1.54) is 11.8 Å². The summed E-state index contributed by atoms with van der Waals surface area (Å²) in [4.78, 5) is 41.1. The maximum atomic E-state index is 14.8. The largest absolute Gasteiger partial charge is 0.431 e. The van der Waals surface area contributed by atoms with Crippen molar-refractivity contribution in [3.05, 3.63) is 73.9 Å². The molecular weight excluding hydrogens is 532 g/mol. The van der Waals surface area contributed by atoms with Gasteiger partial charge in [0, 0.05) is 41.3 Å². The Bertz CT molecular complexity index is 1390. The Hall–Kier alpha value is -2.77. The van der Waals surface area contributed by atoms with Crippen LogP contribution in [0.2, 0.25) is 5.02 Å². The zero-order valence-corrected chi connectivity index (χ0v) is 20.3. The van der Waals surface area contributed by atoms with E-state index in [2.05, 4.69) is 4.98 Å². The molecule has 2 aromatic heterocycles. The summed E-state index contributed by atoms with van der Waals surface area (Å²) in [6.45, 7) is 0. The number of alkyl halides is 3. The standard InChI is InChI=1S/C21H17ClF4N4O3S2/c1-29-16(21(24,25)26)10-18(32)30(20(29)33)13-9-15(11(22)8-12(13)23)35-14-4-2-6-28-19(14)34-7-3-5-17(27)31/h2,4,6,8-10H,3,5,7H2,1H3,(H2,27,31). The molecular formula is C21H17ClF4N4O3S2. The molecule has 14 heteroatoms. The van der Waals surface area contributed by atoms with Gasteiger partial charge in [0.25, 0.3) is 5.56 Å². The van der Waals surface area contributed by atoms with Crippen molar-refractivity contribution in [1.29, 1.82) is 0 Å². The molecule has 7 nitrogen and oxygen atoms in total. The monoisotopic (exact) mass is 548 g/mol. The molecule has 0 radical (unpaired) electrons. The van der Waals surface area contributed by atoms with E-state index in [1.807, 2.05) is 0 Å². The zero-order valence-electron chi connectivity index (χ0n) is 17.9. The van der Waals surface area contributed by atoms with Crippen LogP contribution in [0.3, 0.4) is 0 Å². The zero-order chi connectivity index (χ0) is 25.9. The molecule has 0 saturated carbocycles. The van der Waals surface area contributed by atoms with Crippen LogP contribution in [-0.4, -0.2) is 25.8 Å². The normalized spacial score (nSPS) is 11.6. The highest BCUT2D eigenvalue weighted by Crippen LogP contribution is 2.39. The first-order chi connectivity index (χ1) is 16.4. The summed E-state index contributed by atoms with van der Waals surface area (Å²) in [5.74, 6) is -0.936. The lowest BCUT2D eigenvalue weighted by Crippen LogP contribution is -2.41. The summed E-state index contributed by atoms with van der Waals surface area (Å²) < 4.78 is 54.7. The number of carbonyl (C=O) groups excluding carboxylic acids is 1. The summed E-state index contributed by atoms with van der Waals surface area (Å²) in [5.41, 5.74) is 0.426. The maximum absolute atomic E-state index is 14.8. The predicted molar refractivity (Wildman–Crippen MR) is 125 cm³/mol. The van der Waals surface area contributed by atoms with Crippen LogP contribution in [0.15, 0.2) is 60.9 Å². The van der Waals surface area contributed by atoms with Crippen LogP contribution in [0, 0.1) is 5.82 Å². The second kappa shape index (κ2) is 10.9.